The first kappa shape index (κ1) is 28.6. The van der Waals surface area contributed by atoms with Gasteiger partial charge in [-0.3, -0.25) is 9.98 Å². The molecule has 1 unspecified atom stereocenters. The largest absolute Gasteiger partial charge is 0.369 e. The number of piperazine rings is 1. The predicted molar refractivity (Wildman–Crippen MR) is 167 cm³/mol. The van der Waals surface area contributed by atoms with Crippen LogP contribution < -0.4 is 15.5 Å². The van der Waals surface area contributed by atoms with Crippen LogP contribution in [0.1, 0.15) is 52.4 Å². The molecule has 1 aliphatic heterocycles. The Bertz CT molecular complexity index is 1040. The van der Waals surface area contributed by atoms with E-state index in [4.69, 9.17) is 4.99 Å². The maximum absolute atomic E-state index is 4.95. The first-order chi connectivity index (χ1) is 18.4. The number of rotatable bonds is 8. The summed E-state index contributed by atoms with van der Waals surface area (Å²) in [6.45, 7) is 9.81. The van der Waals surface area contributed by atoms with E-state index in [1.165, 1.54) is 31.4 Å². The molecule has 2 N–H and O–H groups in total. The zero-order valence-corrected chi connectivity index (χ0v) is 24.9. The van der Waals surface area contributed by atoms with Gasteiger partial charge in [0.05, 0.1) is 17.9 Å². The van der Waals surface area contributed by atoms with Crippen molar-refractivity contribution in [2.24, 2.45) is 20.9 Å². The fourth-order valence-electron chi connectivity index (χ4n) is 5.26. The minimum absolute atomic E-state index is 0.113. The number of halogens is 1. The number of anilines is 2. The average Bonchev–Trinajstić information content (AvgIpc) is 3.42. The molecule has 7 nitrogen and oxygen atoms in total. The molecule has 0 bridgehead atoms. The van der Waals surface area contributed by atoms with Crippen LogP contribution >= 0.6 is 15.9 Å². The van der Waals surface area contributed by atoms with Crippen LogP contribution in [0.25, 0.3) is 0 Å². The summed E-state index contributed by atoms with van der Waals surface area (Å²) in [5.74, 6) is 2.44. The van der Waals surface area contributed by atoms with Gasteiger partial charge in [0.2, 0.25) is 5.96 Å². The highest BCUT2D eigenvalue weighted by molar-refractivity contribution is 9.11. The zero-order valence-electron chi connectivity index (χ0n) is 23.3. The molecule has 1 saturated heterocycles. The van der Waals surface area contributed by atoms with Crippen molar-refractivity contribution in [3.63, 3.8) is 0 Å². The molecular formula is C30H44BrN7. The van der Waals surface area contributed by atoms with E-state index in [0.29, 0.717) is 19.0 Å². The molecule has 0 spiro atoms. The molecule has 1 aromatic carbocycles. The summed E-state index contributed by atoms with van der Waals surface area (Å²) in [5.41, 5.74) is 2.15. The Morgan fingerprint density at radius 3 is 2.50 bits per heavy atom. The standard InChI is InChI=1S/C30H44BrN7/c1-4-32-29(35-26-9-11-27(12-10-26)38-21-19-37(3)20-22-38)34-18-17-33-28(23-24-7-5-6-8-24)36-30(2)15-13-25(31)14-16-30/h9-15,18,24H,4-8,16-17,19-23H2,1-3H3,(H,32,35)(H,33,36). The Morgan fingerprint density at radius 2 is 1.84 bits per heavy atom. The molecule has 8 heteroatoms. The number of allylic oxidation sites excluding steroid dienone is 2. The molecule has 0 aromatic heterocycles. The molecular weight excluding hydrogens is 538 g/mol. The highest BCUT2D eigenvalue weighted by Gasteiger charge is 2.25. The normalized spacial score (nSPS) is 23.8. The van der Waals surface area contributed by atoms with Gasteiger partial charge in [0, 0.05) is 61.2 Å². The summed E-state index contributed by atoms with van der Waals surface area (Å²) in [7, 11) is 2.18. The van der Waals surface area contributed by atoms with Gasteiger partial charge < -0.3 is 20.4 Å². The van der Waals surface area contributed by atoms with E-state index in [1.54, 1.807) is 0 Å². The molecule has 4 rings (SSSR count). The number of amidine groups is 1. The van der Waals surface area contributed by atoms with Gasteiger partial charge in [0.15, 0.2) is 0 Å². The van der Waals surface area contributed by atoms with Crippen LogP contribution in [0.15, 0.2) is 62.0 Å². The molecule has 1 aromatic rings. The molecule has 1 heterocycles. The summed E-state index contributed by atoms with van der Waals surface area (Å²) in [6.07, 6.45) is 15.7. The van der Waals surface area contributed by atoms with Crippen LogP contribution in [-0.4, -0.2) is 74.8 Å². The molecule has 2 aliphatic carbocycles. The lowest BCUT2D eigenvalue weighted by molar-refractivity contribution is 0.313. The molecule has 2 fully saturated rings. The Hall–Kier alpha value is -2.45. The minimum Gasteiger partial charge on any atom is -0.369 e. The van der Waals surface area contributed by atoms with Crippen LogP contribution in [0.5, 0.6) is 0 Å². The second-order valence-corrected chi connectivity index (χ2v) is 11.8. The Labute approximate surface area is 237 Å². The number of likely N-dealkylation sites (N-methyl/N-ethyl adjacent to an activating group) is 1. The summed E-state index contributed by atoms with van der Waals surface area (Å²) in [6, 6.07) is 8.59. The first-order valence-corrected chi connectivity index (χ1v) is 15.0. The topological polar surface area (TPSA) is 67.6 Å². The van der Waals surface area contributed by atoms with Crippen molar-refractivity contribution < 1.29 is 0 Å². The molecule has 38 heavy (non-hydrogen) atoms. The van der Waals surface area contributed by atoms with E-state index >= 15 is 0 Å². The van der Waals surface area contributed by atoms with Gasteiger partial charge in [-0.05, 0) is 63.6 Å². The highest BCUT2D eigenvalue weighted by atomic mass is 79.9. The maximum atomic E-state index is 4.95. The number of nitrogens with one attached hydrogen (secondary N) is 2. The third kappa shape index (κ3) is 8.80. The zero-order chi connectivity index (χ0) is 26.8. The lowest BCUT2D eigenvalue weighted by Crippen LogP contribution is -2.45. The van der Waals surface area contributed by atoms with Crippen LogP contribution in [-0.2, 0) is 0 Å². The third-order valence-electron chi connectivity index (χ3n) is 7.60. The summed E-state index contributed by atoms with van der Waals surface area (Å²) in [4.78, 5) is 19.0. The number of benzene rings is 1. The van der Waals surface area contributed by atoms with Gasteiger partial charge in [-0.15, -0.1) is 0 Å². The minimum atomic E-state index is -0.113. The van der Waals surface area contributed by atoms with E-state index in [-0.39, 0.29) is 5.54 Å². The molecule has 0 radical (unpaired) electrons. The third-order valence-corrected chi connectivity index (χ3v) is 8.18. The smallest absolute Gasteiger partial charge is 0.222 e. The summed E-state index contributed by atoms with van der Waals surface area (Å²) < 4.78 is 1.14. The van der Waals surface area contributed by atoms with Gasteiger partial charge >= 0.3 is 0 Å². The number of hydrogen-bond donors (Lipinski definition) is 2. The first-order valence-electron chi connectivity index (χ1n) is 14.2. The Kier molecular flexibility index (Phi) is 10.6. The summed E-state index contributed by atoms with van der Waals surface area (Å²) >= 11 is 3.58. The molecule has 1 saturated carbocycles. The molecule has 3 aliphatic rings. The van der Waals surface area contributed by atoms with Gasteiger partial charge in [-0.1, -0.05) is 53.8 Å². The number of aliphatic imine (C=N–C) groups is 3. The van der Waals surface area contributed by atoms with Crippen molar-refractivity contribution >= 4 is 45.3 Å². The fraction of sp³-hybridized carbons (Fsp3) is 0.567. The molecule has 0 amide bonds. The highest BCUT2D eigenvalue weighted by Crippen LogP contribution is 2.29. The Morgan fingerprint density at radius 1 is 1.11 bits per heavy atom. The van der Waals surface area contributed by atoms with Crippen molar-refractivity contribution in [2.45, 2.75) is 57.9 Å². The van der Waals surface area contributed by atoms with Crippen molar-refractivity contribution in [3.8, 4) is 0 Å². The van der Waals surface area contributed by atoms with Gasteiger partial charge in [-0.25, -0.2) is 4.99 Å². The van der Waals surface area contributed by atoms with Crippen LogP contribution in [0.3, 0.4) is 0 Å². The van der Waals surface area contributed by atoms with Crippen molar-refractivity contribution in [1.82, 2.24) is 10.2 Å². The quantitative estimate of drug-likeness (QED) is 0.298. The van der Waals surface area contributed by atoms with Gasteiger partial charge in [0.25, 0.3) is 0 Å². The average molecular weight is 583 g/mol. The van der Waals surface area contributed by atoms with Crippen molar-refractivity contribution in [2.75, 3.05) is 56.5 Å². The lowest BCUT2D eigenvalue weighted by Gasteiger charge is -2.34. The van der Waals surface area contributed by atoms with Crippen LogP contribution in [0.4, 0.5) is 11.4 Å². The SMILES string of the molecule is CCN=C(N=CCN=C(CC1CCCC1)NC1(C)C=CC(Br)=CC1)Nc1ccc(N2CCN(C)CC2)cc1. The Balaban J connectivity index is 1.35. The number of nitrogens with zero attached hydrogens (tertiary/aromatic N) is 5. The van der Waals surface area contributed by atoms with Gasteiger partial charge in [0.1, 0.15) is 0 Å². The monoisotopic (exact) mass is 581 g/mol. The lowest BCUT2D eigenvalue weighted by atomic mass is 9.92. The molecule has 1 atom stereocenters. The number of hydrogen-bond acceptors (Lipinski definition) is 4. The van der Waals surface area contributed by atoms with E-state index in [1.807, 2.05) is 13.1 Å². The van der Waals surface area contributed by atoms with Crippen LogP contribution in [0.2, 0.25) is 0 Å². The van der Waals surface area contributed by atoms with Gasteiger partial charge in [-0.2, -0.15) is 0 Å². The van der Waals surface area contributed by atoms with E-state index in [2.05, 4.69) is 103 Å². The summed E-state index contributed by atoms with van der Waals surface area (Å²) in [5, 5.41) is 7.13. The van der Waals surface area contributed by atoms with E-state index in [9.17, 15) is 0 Å². The maximum Gasteiger partial charge on any atom is 0.222 e. The molecule has 206 valence electrons. The predicted octanol–water partition coefficient (Wildman–Crippen LogP) is 5.86. The number of guanidine groups is 1. The van der Waals surface area contributed by atoms with Crippen molar-refractivity contribution in [1.29, 1.82) is 0 Å². The van der Waals surface area contributed by atoms with E-state index < -0.39 is 0 Å². The van der Waals surface area contributed by atoms with E-state index in [0.717, 1.165) is 60.9 Å². The second-order valence-electron chi connectivity index (χ2n) is 10.9. The second kappa shape index (κ2) is 14.1. The van der Waals surface area contributed by atoms with Crippen molar-refractivity contribution in [3.05, 3.63) is 47.0 Å². The van der Waals surface area contributed by atoms with Crippen LogP contribution in [0, 0.1) is 5.92 Å². The fourth-order valence-corrected chi connectivity index (χ4v) is 5.56.